The molecule has 2 saturated carbocycles. The number of fused-ring (bicyclic) bond motifs is 1. The van der Waals surface area contributed by atoms with Crippen LogP contribution in [0.25, 0.3) is 0 Å². The summed E-state index contributed by atoms with van der Waals surface area (Å²) < 4.78 is 5.34. The van der Waals surface area contributed by atoms with Gasteiger partial charge in [-0.2, -0.15) is 0 Å². The Balaban J connectivity index is 1.19. The van der Waals surface area contributed by atoms with Crippen LogP contribution in [-0.4, -0.2) is 51.3 Å². The van der Waals surface area contributed by atoms with E-state index in [0.29, 0.717) is 36.2 Å². The lowest BCUT2D eigenvalue weighted by atomic mass is 9.61. The first-order chi connectivity index (χ1) is 12.2. The monoisotopic (exact) mass is 346 g/mol. The topological polar surface area (TPSA) is 105 Å². The molecular formula is C17H22N4O4. The third-order valence-electron chi connectivity index (χ3n) is 5.63. The number of hydrogen-bond donors (Lipinski definition) is 2. The van der Waals surface area contributed by atoms with Gasteiger partial charge in [-0.3, -0.25) is 10.0 Å². The van der Waals surface area contributed by atoms with Crippen molar-refractivity contribution in [2.45, 2.75) is 38.1 Å². The Labute approximate surface area is 145 Å². The van der Waals surface area contributed by atoms with Gasteiger partial charge in [0.15, 0.2) is 0 Å². The van der Waals surface area contributed by atoms with Crippen molar-refractivity contribution in [2.75, 3.05) is 13.2 Å². The van der Waals surface area contributed by atoms with Crippen LogP contribution in [0.3, 0.4) is 0 Å². The third kappa shape index (κ3) is 3.30. The van der Waals surface area contributed by atoms with E-state index in [0.717, 1.165) is 25.8 Å². The normalized spacial score (nSPS) is 26.9. The van der Waals surface area contributed by atoms with Gasteiger partial charge in [0, 0.05) is 37.3 Å². The summed E-state index contributed by atoms with van der Waals surface area (Å²) >= 11 is 0. The van der Waals surface area contributed by atoms with E-state index in [9.17, 15) is 9.59 Å². The van der Waals surface area contributed by atoms with Crippen LogP contribution in [0, 0.1) is 17.8 Å². The summed E-state index contributed by atoms with van der Waals surface area (Å²) in [6, 6.07) is 0.355. The molecule has 8 nitrogen and oxygen atoms in total. The number of likely N-dealkylation sites (tertiary alicyclic amines) is 1. The minimum absolute atomic E-state index is 0.146. The SMILES string of the molecule is O=C(NO)c1cnc(CCC2CC3C2CN3C(=O)OCC2CC2)nc1. The molecule has 1 aromatic rings. The fourth-order valence-corrected chi connectivity index (χ4v) is 3.71. The Morgan fingerprint density at radius 2 is 2.08 bits per heavy atom. The van der Waals surface area contributed by atoms with Crippen LogP contribution in [0.1, 0.15) is 41.9 Å². The van der Waals surface area contributed by atoms with Crippen molar-refractivity contribution >= 4 is 12.0 Å². The summed E-state index contributed by atoms with van der Waals surface area (Å²) in [6.45, 7) is 1.38. The van der Waals surface area contributed by atoms with E-state index in [1.165, 1.54) is 25.2 Å². The van der Waals surface area contributed by atoms with Crippen molar-refractivity contribution in [3.8, 4) is 0 Å². The molecule has 0 spiro atoms. The van der Waals surface area contributed by atoms with Crippen molar-refractivity contribution in [3.05, 3.63) is 23.8 Å². The highest BCUT2D eigenvalue weighted by molar-refractivity contribution is 5.92. The maximum absolute atomic E-state index is 12.0. The number of aromatic nitrogens is 2. The van der Waals surface area contributed by atoms with E-state index >= 15 is 0 Å². The van der Waals surface area contributed by atoms with Crippen LogP contribution < -0.4 is 5.48 Å². The standard InChI is InChI=1S/C17H22N4O4/c22-16(20-24)12-6-18-15(19-7-12)4-3-11-5-14-13(11)8-21(14)17(23)25-9-10-1-2-10/h6-7,10-11,13-14,24H,1-5,8-9H2,(H,20,22). The molecule has 2 aliphatic carbocycles. The molecule has 1 aromatic heterocycles. The Morgan fingerprint density at radius 1 is 1.32 bits per heavy atom. The maximum Gasteiger partial charge on any atom is 0.410 e. The molecule has 2 heterocycles. The van der Waals surface area contributed by atoms with E-state index in [2.05, 4.69) is 9.97 Å². The molecule has 134 valence electrons. The number of carbonyl (C=O) groups excluding carboxylic acids is 2. The summed E-state index contributed by atoms with van der Waals surface area (Å²) in [5.41, 5.74) is 1.79. The smallest absolute Gasteiger partial charge is 0.410 e. The highest BCUT2D eigenvalue weighted by Crippen LogP contribution is 2.48. The van der Waals surface area contributed by atoms with Crippen molar-refractivity contribution in [1.82, 2.24) is 20.3 Å². The fourth-order valence-electron chi connectivity index (χ4n) is 3.71. The quantitative estimate of drug-likeness (QED) is 0.596. The second-order valence-corrected chi connectivity index (χ2v) is 7.27. The van der Waals surface area contributed by atoms with Crippen molar-refractivity contribution < 1.29 is 19.5 Å². The largest absolute Gasteiger partial charge is 0.449 e. The number of hydroxylamine groups is 1. The number of amides is 2. The van der Waals surface area contributed by atoms with Gasteiger partial charge >= 0.3 is 6.09 Å². The number of ether oxygens (including phenoxy) is 1. The lowest BCUT2D eigenvalue weighted by molar-refractivity contribution is -0.0974. The summed E-state index contributed by atoms with van der Waals surface area (Å²) in [5, 5.41) is 8.57. The van der Waals surface area contributed by atoms with Crippen molar-refractivity contribution in [1.29, 1.82) is 0 Å². The molecule has 25 heavy (non-hydrogen) atoms. The maximum atomic E-state index is 12.0. The third-order valence-corrected chi connectivity index (χ3v) is 5.63. The van der Waals surface area contributed by atoms with Gasteiger partial charge in [0.25, 0.3) is 5.91 Å². The van der Waals surface area contributed by atoms with Gasteiger partial charge in [-0.15, -0.1) is 0 Å². The molecule has 2 N–H and O–H groups in total. The first kappa shape index (κ1) is 16.3. The lowest BCUT2D eigenvalue weighted by Gasteiger charge is -2.59. The number of hydrogen-bond acceptors (Lipinski definition) is 6. The van der Waals surface area contributed by atoms with Crippen LogP contribution in [0.4, 0.5) is 4.79 Å². The van der Waals surface area contributed by atoms with Gasteiger partial charge < -0.3 is 9.64 Å². The van der Waals surface area contributed by atoms with E-state index in [1.54, 1.807) is 5.48 Å². The van der Waals surface area contributed by atoms with E-state index < -0.39 is 5.91 Å². The van der Waals surface area contributed by atoms with E-state index in [-0.39, 0.29) is 11.7 Å². The molecule has 0 bridgehead atoms. The molecule has 0 radical (unpaired) electrons. The first-order valence-electron chi connectivity index (χ1n) is 8.84. The Kier molecular flexibility index (Phi) is 4.29. The fraction of sp³-hybridized carbons (Fsp3) is 0.647. The number of carbonyl (C=O) groups is 2. The van der Waals surface area contributed by atoms with Crippen molar-refractivity contribution in [2.24, 2.45) is 17.8 Å². The molecule has 3 unspecified atom stereocenters. The Hall–Kier alpha value is -2.22. The van der Waals surface area contributed by atoms with Gasteiger partial charge in [-0.05, 0) is 37.5 Å². The minimum atomic E-state index is -0.614. The number of aryl methyl sites for hydroxylation is 1. The summed E-state index contributed by atoms with van der Waals surface area (Å²) in [6.07, 6.45) is 7.82. The molecule has 3 fully saturated rings. The van der Waals surface area contributed by atoms with Gasteiger partial charge in [-0.1, -0.05) is 0 Å². The van der Waals surface area contributed by atoms with E-state index in [4.69, 9.17) is 9.94 Å². The highest BCUT2D eigenvalue weighted by atomic mass is 16.6. The highest BCUT2D eigenvalue weighted by Gasteiger charge is 2.54. The average molecular weight is 346 g/mol. The Bertz CT molecular complexity index is 661. The zero-order valence-electron chi connectivity index (χ0n) is 13.9. The minimum Gasteiger partial charge on any atom is -0.449 e. The molecule has 3 atom stereocenters. The van der Waals surface area contributed by atoms with E-state index in [1.807, 2.05) is 4.90 Å². The number of piperidine rings is 1. The van der Waals surface area contributed by atoms with Crippen LogP contribution in [0.5, 0.6) is 0 Å². The Morgan fingerprint density at radius 3 is 2.68 bits per heavy atom. The van der Waals surface area contributed by atoms with Crippen LogP contribution in [0.15, 0.2) is 12.4 Å². The number of rotatable bonds is 6. The molecular weight excluding hydrogens is 324 g/mol. The molecule has 2 amide bonds. The molecule has 3 aliphatic rings. The van der Waals surface area contributed by atoms with Gasteiger partial charge in [0.05, 0.1) is 12.2 Å². The zero-order chi connectivity index (χ0) is 17.4. The predicted octanol–water partition coefficient (Wildman–Crippen LogP) is 1.40. The number of nitrogens with one attached hydrogen (secondary N) is 1. The summed E-state index contributed by atoms with van der Waals surface area (Å²) in [7, 11) is 0. The zero-order valence-corrected chi connectivity index (χ0v) is 13.9. The molecule has 4 rings (SSSR count). The molecule has 8 heteroatoms. The van der Waals surface area contributed by atoms with Gasteiger partial charge in [-0.25, -0.2) is 20.2 Å². The number of nitrogens with zero attached hydrogens (tertiary/aromatic N) is 3. The summed E-state index contributed by atoms with van der Waals surface area (Å²) in [4.78, 5) is 33.4. The van der Waals surface area contributed by atoms with Gasteiger partial charge in [0.1, 0.15) is 5.82 Å². The van der Waals surface area contributed by atoms with Crippen LogP contribution >= 0.6 is 0 Å². The second-order valence-electron chi connectivity index (χ2n) is 7.27. The van der Waals surface area contributed by atoms with Crippen LogP contribution in [0.2, 0.25) is 0 Å². The lowest BCUT2D eigenvalue weighted by Crippen LogP contribution is -2.68. The molecule has 1 saturated heterocycles. The first-order valence-corrected chi connectivity index (χ1v) is 8.84. The van der Waals surface area contributed by atoms with Crippen molar-refractivity contribution in [3.63, 3.8) is 0 Å². The predicted molar refractivity (Wildman–Crippen MR) is 85.8 cm³/mol. The average Bonchev–Trinajstić information content (AvgIpc) is 3.44. The summed E-state index contributed by atoms with van der Waals surface area (Å²) in [5.74, 6) is 1.86. The molecule has 1 aliphatic heterocycles. The molecule has 0 aromatic carbocycles. The van der Waals surface area contributed by atoms with Crippen LogP contribution in [-0.2, 0) is 11.2 Å². The van der Waals surface area contributed by atoms with Gasteiger partial charge in [0.2, 0.25) is 0 Å². The second kappa shape index (κ2) is 6.59.